The van der Waals surface area contributed by atoms with E-state index in [2.05, 4.69) is 25.6 Å². The third-order valence-corrected chi connectivity index (χ3v) is 5.41. The van der Waals surface area contributed by atoms with Gasteiger partial charge in [0, 0.05) is 43.6 Å². The van der Waals surface area contributed by atoms with Crippen molar-refractivity contribution in [3.8, 4) is 11.1 Å². The summed E-state index contributed by atoms with van der Waals surface area (Å²) >= 11 is 0. The zero-order valence-electron chi connectivity index (χ0n) is 17.0. The highest BCUT2D eigenvalue weighted by Crippen LogP contribution is 2.27. The fourth-order valence-electron chi connectivity index (χ4n) is 3.85. The first-order valence-corrected chi connectivity index (χ1v) is 10.3. The number of nitrogens with one attached hydrogen (secondary N) is 2. The van der Waals surface area contributed by atoms with Crippen molar-refractivity contribution in [2.45, 2.75) is 0 Å². The molecule has 8 nitrogen and oxygen atoms in total. The van der Waals surface area contributed by atoms with Gasteiger partial charge in [-0.25, -0.2) is 9.50 Å². The van der Waals surface area contributed by atoms with E-state index < -0.39 is 0 Å². The fraction of sp³-hybridized carbons (Fsp3) is 0.174. The molecule has 5 rings (SSSR count). The molecule has 0 spiro atoms. The summed E-state index contributed by atoms with van der Waals surface area (Å²) in [6.07, 6.45) is 3.48. The maximum absolute atomic E-state index is 13.1. The number of piperazine rings is 1. The van der Waals surface area contributed by atoms with Crippen LogP contribution in [0.4, 0.5) is 17.1 Å². The van der Waals surface area contributed by atoms with Gasteiger partial charge in [0.2, 0.25) is 0 Å². The molecule has 0 aliphatic carbocycles. The van der Waals surface area contributed by atoms with Gasteiger partial charge >= 0.3 is 0 Å². The number of hydrogen-bond donors (Lipinski definition) is 3. The first-order chi connectivity index (χ1) is 15.2. The van der Waals surface area contributed by atoms with Gasteiger partial charge in [-0.1, -0.05) is 24.3 Å². The molecule has 1 amide bonds. The Bertz CT molecular complexity index is 1240. The van der Waals surface area contributed by atoms with Crippen molar-refractivity contribution >= 4 is 28.6 Å². The van der Waals surface area contributed by atoms with Crippen LogP contribution in [0.15, 0.2) is 67.0 Å². The quantitative estimate of drug-likeness (QED) is 0.445. The van der Waals surface area contributed by atoms with Gasteiger partial charge in [0.05, 0.1) is 17.6 Å². The van der Waals surface area contributed by atoms with E-state index in [9.17, 15) is 4.79 Å². The number of nitrogens with two attached hydrogens (primary N) is 1. The summed E-state index contributed by atoms with van der Waals surface area (Å²) < 4.78 is 1.66. The van der Waals surface area contributed by atoms with Gasteiger partial charge in [0.25, 0.3) is 5.91 Å². The number of fused-ring (bicyclic) bond motifs is 1. The molecular formula is C23H23N7O. The lowest BCUT2D eigenvalue weighted by Gasteiger charge is -2.31. The second-order valence-electron chi connectivity index (χ2n) is 7.47. The van der Waals surface area contributed by atoms with Crippen LogP contribution in [-0.4, -0.2) is 46.7 Å². The first kappa shape index (κ1) is 19.1. The van der Waals surface area contributed by atoms with Crippen LogP contribution in [0.2, 0.25) is 0 Å². The standard InChI is InChI=1S/C23H23N7O/c24-17-5-3-4-16(14-17)18-15-26-30-11-8-20(27-22(18)30)23(31)28-19-6-1-2-7-21(19)29-12-9-25-10-13-29/h1-8,11,14-15,25H,9-10,12-13,24H2,(H,28,31). The largest absolute Gasteiger partial charge is 0.399 e. The number of anilines is 3. The molecule has 1 aliphatic rings. The number of para-hydroxylation sites is 2. The van der Waals surface area contributed by atoms with E-state index in [1.165, 1.54) is 0 Å². The van der Waals surface area contributed by atoms with E-state index in [-0.39, 0.29) is 5.91 Å². The van der Waals surface area contributed by atoms with Crippen molar-refractivity contribution in [2.24, 2.45) is 0 Å². The summed E-state index contributed by atoms with van der Waals surface area (Å²) in [5.74, 6) is -0.259. The molecule has 3 heterocycles. The van der Waals surface area contributed by atoms with E-state index in [1.807, 2.05) is 48.5 Å². The number of carbonyl (C=O) groups excluding carboxylic acids is 1. The number of nitrogens with zero attached hydrogens (tertiary/aromatic N) is 4. The number of amides is 1. The van der Waals surface area contributed by atoms with E-state index >= 15 is 0 Å². The summed E-state index contributed by atoms with van der Waals surface area (Å²) in [4.78, 5) is 19.9. The molecule has 0 atom stereocenters. The van der Waals surface area contributed by atoms with Crippen LogP contribution in [0.5, 0.6) is 0 Å². The summed E-state index contributed by atoms with van der Waals surface area (Å²) in [6, 6.07) is 17.1. The van der Waals surface area contributed by atoms with E-state index in [0.717, 1.165) is 48.7 Å². The van der Waals surface area contributed by atoms with Crippen molar-refractivity contribution in [2.75, 3.05) is 42.1 Å². The molecule has 4 N–H and O–H groups in total. The summed E-state index contributed by atoms with van der Waals surface area (Å²) in [6.45, 7) is 3.65. The Morgan fingerprint density at radius 2 is 1.90 bits per heavy atom. The highest BCUT2D eigenvalue weighted by atomic mass is 16.1. The van der Waals surface area contributed by atoms with E-state index in [1.54, 1.807) is 23.0 Å². The minimum absolute atomic E-state index is 0.259. The van der Waals surface area contributed by atoms with Gasteiger partial charge in [-0.3, -0.25) is 4.79 Å². The Labute approximate surface area is 179 Å². The molecule has 31 heavy (non-hydrogen) atoms. The van der Waals surface area contributed by atoms with Crippen molar-refractivity contribution in [1.82, 2.24) is 19.9 Å². The van der Waals surface area contributed by atoms with Crippen LogP contribution in [0.3, 0.4) is 0 Å². The molecule has 2 aromatic heterocycles. The molecule has 0 bridgehead atoms. The number of benzene rings is 2. The maximum Gasteiger partial charge on any atom is 0.274 e. The van der Waals surface area contributed by atoms with Crippen LogP contribution in [0.25, 0.3) is 16.8 Å². The van der Waals surface area contributed by atoms with Crippen LogP contribution in [-0.2, 0) is 0 Å². The Kier molecular flexibility index (Phi) is 4.97. The molecule has 1 saturated heterocycles. The van der Waals surface area contributed by atoms with Gasteiger partial charge in [0.15, 0.2) is 5.65 Å². The highest BCUT2D eigenvalue weighted by Gasteiger charge is 2.17. The molecule has 1 fully saturated rings. The van der Waals surface area contributed by atoms with Crippen molar-refractivity contribution in [3.63, 3.8) is 0 Å². The second kappa shape index (κ2) is 8.08. The first-order valence-electron chi connectivity index (χ1n) is 10.3. The Balaban J connectivity index is 1.45. The average molecular weight is 413 g/mol. The van der Waals surface area contributed by atoms with Gasteiger partial charge < -0.3 is 21.3 Å². The van der Waals surface area contributed by atoms with E-state index in [4.69, 9.17) is 5.73 Å². The molecule has 156 valence electrons. The van der Waals surface area contributed by atoms with Crippen molar-refractivity contribution in [1.29, 1.82) is 0 Å². The smallest absolute Gasteiger partial charge is 0.274 e. The number of hydrogen-bond acceptors (Lipinski definition) is 6. The maximum atomic E-state index is 13.1. The molecule has 1 aliphatic heterocycles. The third kappa shape index (κ3) is 3.80. The normalized spacial score (nSPS) is 14.0. The Hall–Kier alpha value is -3.91. The van der Waals surface area contributed by atoms with Crippen molar-refractivity contribution < 1.29 is 4.79 Å². The topological polar surface area (TPSA) is 101 Å². The van der Waals surface area contributed by atoms with Gasteiger partial charge in [-0.2, -0.15) is 5.10 Å². The molecule has 0 saturated carbocycles. The van der Waals surface area contributed by atoms with Gasteiger partial charge in [0.1, 0.15) is 5.69 Å². The third-order valence-electron chi connectivity index (χ3n) is 5.41. The predicted molar refractivity (Wildman–Crippen MR) is 122 cm³/mol. The summed E-state index contributed by atoms with van der Waals surface area (Å²) in [5.41, 5.74) is 11.0. The zero-order chi connectivity index (χ0) is 21.2. The van der Waals surface area contributed by atoms with Gasteiger partial charge in [-0.15, -0.1) is 0 Å². The Morgan fingerprint density at radius 3 is 2.74 bits per heavy atom. The van der Waals surface area contributed by atoms with Crippen LogP contribution in [0.1, 0.15) is 10.5 Å². The lowest BCUT2D eigenvalue weighted by molar-refractivity contribution is 0.102. The minimum atomic E-state index is -0.259. The highest BCUT2D eigenvalue weighted by molar-refractivity contribution is 6.05. The summed E-state index contributed by atoms with van der Waals surface area (Å²) in [7, 11) is 0. The molecular weight excluding hydrogens is 390 g/mol. The number of nitrogen functional groups attached to an aromatic ring is 1. The van der Waals surface area contributed by atoms with Crippen LogP contribution < -0.4 is 21.3 Å². The van der Waals surface area contributed by atoms with Crippen molar-refractivity contribution in [3.05, 3.63) is 72.7 Å². The lowest BCUT2D eigenvalue weighted by Crippen LogP contribution is -2.43. The van der Waals surface area contributed by atoms with Gasteiger partial charge in [-0.05, 0) is 35.9 Å². The molecule has 4 aromatic rings. The minimum Gasteiger partial charge on any atom is -0.399 e. The van der Waals surface area contributed by atoms with Crippen LogP contribution in [0, 0.1) is 0 Å². The SMILES string of the molecule is Nc1cccc(-c2cnn3ccc(C(=O)Nc4ccccc4N4CCNCC4)nc23)c1. The molecule has 0 unspecified atom stereocenters. The van der Waals surface area contributed by atoms with E-state index in [0.29, 0.717) is 17.0 Å². The number of aromatic nitrogens is 3. The zero-order valence-corrected chi connectivity index (χ0v) is 17.0. The fourth-order valence-corrected chi connectivity index (χ4v) is 3.85. The Morgan fingerprint density at radius 1 is 1.06 bits per heavy atom. The second-order valence-corrected chi connectivity index (χ2v) is 7.47. The number of rotatable bonds is 4. The predicted octanol–water partition coefficient (Wildman–Crippen LogP) is 2.64. The lowest BCUT2D eigenvalue weighted by atomic mass is 10.1. The summed E-state index contributed by atoms with van der Waals surface area (Å²) in [5, 5.41) is 10.7. The molecule has 0 radical (unpaired) electrons. The monoisotopic (exact) mass is 413 g/mol. The van der Waals surface area contributed by atoms with Crippen LogP contribution >= 0.6 is 0 Å². The molecule has 2 aromatic carbocycles. The number of carbonyl (C=O) groups is 1. The molecule has 8 heteroatoms. The average Bonchev–Trinajstić information content (AvgIpc) is 3.23.